The van der Waals surface area contributed by atoms with Crippen molar-refractivity contribution in [2.45, 2.75) is 37.1 Å². The van der Waals surface area contributed by atoms with E-state index in [1.807, 2.05) is 6.07 Å². The number of hydrogen-bond donors (Lipinski definition) is 2. The lowest BCUT2D eigenvalue weighted by atomic mass is 9.59. The first kappa shape index (κ1) is 19.0. The van der Waals surface area contributed by atoms with E-state index in [9.17, 15) is 14.4 Å². The summed E-state index contributed by atoms with van der Waals surface area (Å²) >= 11 is 12.3. The highest BCUT2D eigenvalue weighted by Gasteiger charge is 2.62. The molecule has 1 spiro atoms. The van der Waals surface area contributed by atoms with E-state index in [-0.39, 0.29) is 30.4 Å². The lowest BCUT2D eigenvalue weighted by Gasteiger charge is -2.45. The van der Waals surface area contributed by atoms with Gasteiger partial charge in [-0.1, -0.05) is 48.3 Å². The molecule has 0 unspecified atom stereocenters. The molecule has 0 aliphatic carbocycles. The van der Waals surface area contributed by atoms with Crippen molar-refractivity contribution in [3.63, 3.8) is 0 Å². The maximum Gasteiger partial charge on any atom is 0.238 e. The third-order valence-electron chi connectivity index (χ3n) is 5.67. The Morgan fingerprint density at radius 3 is 2.61 bits per heavy atom. The van der Waals surface area contributed by atoms with Crippen LogP contribution in [0.1, 0.15) is 36.8 Å². The van der Waals surface area contributed by atoms with Crippen molar-refractivity contribution in [1.29, 1.82) is 0 Å². The van der Waals surface area contributed by atoms with Gasteiger partial charge in [-0.25, -0.2) is 0 Å². The number of hydrogen-bond acceptors (Lipinski definition) is 3. The number of anilines is 1. The zero-order valence-corrected chi connectivity index (χ0v) is 16.6. The molecule has 4 rings (SSSR count). The van der Waals surface area contributed by atoms with Crippen molar-refractivity contribution in [1.82, 2.24) is 5.32 Å². The first-order valence-corrected chi connectivity index (χ1v) is 9.82. The number of Topliss-reactive ketones (excluding diaryl/α,β-unsaturated/α-hetero) is 1. The Morgan fingerprint density at radius 1 is 1.14 bits per heavy atom. The molecule has 2 N–H and O–H groups in total. The molecule has 3 atom stereocenters. The van der Waals surface area contributed by atoms with Gasteiger partial charge in [-0.15, -0.1) is 0 Å². The average Bonchev–Trinajstić information content (AvgIpc) is 2.94. The minimum absolute atomic E-state index is 0.0727. The molecule has 2 aliphatic rings. The molecule has 2 heterocycles. The third kappa shape index (κ3) is 2.73. The van der Waals surface area contributed by atoms with Gasteiger partial charge in [0.05, 0.1) is 0 Å². The molecule has 2 aromatic carbocycles. The fourth-order valence-electron chi connectivity index (χ4n) is 4.49. The second-order valence-corrected chi connectivity index (χ2v) is 8.02. The van der Waals surface area contributed by atoms with Crippen LogP contribution in [0.3, 0.4) is 0 Å². The molecule has 5 nitrogen and oxygen atoms in total. The Labute approximate surface area is 172 Å². The summed E-state index contributed by atoms with van der Waals surface area (Å²) in [5, 5.41) is 6.65. The smallest absolute Gasteiger partial charge is 0.238 e. The van der Waals surface area contributed by atoms with Gasteiger partial charge < -0.3 is 10.6 Å². The molecular formula is C21H18Cl2N2O3. The summed E-state index contributed by atoms with van der Waals surface area (Å²) in [5.41, 5.74) is 0.716. The number of piperidine rings is 1. The predicted molar refractivity (Wildman–Crippen MR) is 108 cm³/mol. The summed E-state index contributed by atoms with van der Waals surface area (Å²) in [6, 6.07) is 11.3. The van der Waals surface area contributed by atoms with Crippen LogP contribution in [0.5, 0.6) is 0 Å². The summed E-state index contributed by atoms with van der Waals surface area (Å²) in [5.74, 6) is -1.32. The van der Waals surface area contributed by atoms with E-state index in [0.29, 0.717) is 21.3 Å². The van der Waals surface area contributed by atoms with Crippen molar-refractivity contribution in [3.8, 4) is 0 Å². The summed E-state index contributed by atoms with van der Waals surface area (Å²) in [4.78, 5) is 38.9. The molecule has 1 saturated heterocycles. The first-order valence-electron chi connectivity index (χ1n) is 9.07. The second kappa shape index (κ2) is 6.90. The first-order chi connectivity index (χ1) is 13.4. The number of benzene rings is 2. The number of halogens is 2. The number of ketones is 1. The lowest BCUT2D eigenvalue weighted by molar-refractivity contribution is -0.138. The number of carbonyl (C=O) groups excluding carboxylic acids is 3. The van der Waals surface area contributed by atoms with Gasteiger partial charge in [-0.3, -0.25) is 14.4 Å². The van der Waals surface area contributed by atoms with E-state index in [4.69, 9.17) is 23.2 Å². The molecule has 144 valence electrons. The minimum atomic E-state index is -1.26. The Hall–Kier alpha value is -2.37. The highest BCUT2D eigenvalue weighted by atomic mass is 35.5. The van der Waals surface area contributed by atoms with Crippen LogP contribution in [0.2, 0.25) is 10.0 Å². The van der Waals surface area contributed by atoms with Crippen molar-refractivity contribution in [2.24, 2.45) is 0 Å². The van der Waals surface area contributed by atoms with Crippen LogP contribution in [0.25, 0.3) is 0 Å². The normalized spacial score (nSPS) is 26.0. The maximum absolute atomic E-state index is 13.4. The number of nitrogens with one attached hydrogen (secondary N) is 2. The number of fused-ring (bicyclic) bond motifs is 2. The summed E-state index contributed by atoms with van der Waals surface area (Å²) < 4.78 is 0. The van der Waals surface area contributed by atoms with Crippen LogP contribution >= 0.6 is 23.2 Å². The topological polar surface area (TPSA) is 75.3 Å². The molecule has 2 aromatic rings. The van der Waals surface area contributed by atoms with Crippen molar-refractivity contribution in [3.05, 3.63) is 63.6 Å². The lowest BCUT2D eigenvalue weighted by Crippen LogP contribution is -2.64. The van der Waals surface area contributed by atoms with Crippen molar-refractivity contribution in [2.75, 3.05) is 5.32 Å². The molecule has 0 saturated carbocycles. The third-order valence-corrected chi connectivity index (χ3v) is 6.14. The monoisotopic (exact) mass is 416 g/mol. The van der Waals surface area contributed by atoms with E-state index >= 15 is 0 Å². The van der Waals surface area contributed by atoms with Gasteiger partial charge >= 0.3 is 0 Å². The SMILES string of the molecule is CCC(=O)[C@@H]1NC(=O)C[C@@H](c2cccc(Cl)c2)[C@]12C(=O)Nc1cc(Cl)ccc12. The summed E-state index contributed by atoms with van der Waals surface area (Å²) in [7, 11) is 0. The zero-order chi connectivity index (χ0) is 20.1. The van der Waals surface area contributed by atoms with Gasteiger partial charge in [-0.2, -0.15) is 0 Å². The van der Waals surface area contributed by atoms with Crippen molar-refractivity contribution >= 4 is 46.5 Å². The molecule has 2 aliphatic heterocycles. The molecule has 0 bridgehead atoms. The highest BCUT2D eigenvalue weighted by Crippen LogP contribution is 2.53. The number of carbonyl (C=O) groups is 3. The molecule has 2 amide bonds. The molecule has 0 radical (unpaired) electrons. The fraction of sp³-hybridized carbons (Fsp3) is 0.286. The van der Waals surface area contributed by atoms with Crippen LogP contribution in [0.15, 0.2) is 42.5 Å². The van der Waals surface area contributed by atoms with Gasteiger partial charge in [0.1, 0.15) is 11.5 Å². The summed E-state index contributed by atoms with van der Waals surface area (Å²) in [6.07, 6.45) is 0.272. The Kier molecular flexibility index (Phi) is 4.68. The Morgan fingerprint density at radius 2 is 1.89 bits per heavy atom. The Bertz CT molecular complexity index is 1010. The van der Waals surface area contributed by atoms with Crippen LogP contribution < -0.4 is 10.6 Å². The van der Waals surface area contributed by atoms with Crippen LogP contribution in [0, 0.1) is 0 Å². The van der Waals surface area contributed by atoms with Gasteiger partial charge in [-0.05, 0) is 35.4 Å². The zero-order valence-electron chi connectivity index (χ0n) is 15.1. The second-order valence-electron chi connectivity index (χ2n) is 7.15. The van der Waals surface area contributed by atoms with Crippen molar-refractivity contribution < 1.29 is 14.4 Å². The van der Waals surface area contributed by atoms with Gasteiger partial charge in [0.15, 0.2) is 5.78 Å². The fourth-order valence-corrected chi connectivity index (χ4v) is 4.86. The Balaban J connectivity index is 2.01. The summed E-state index contributed by atoms with van der Waals surface area (Å²) in [6.45, 7) is 1.72. The van der Waals surface area contributed by atoms with Crippen LogP contribution in [-0.4, -0.2) is 23.6 Å². The average molecular weight is 417 g/mol. The number of amides is 2. The molecule has 1 fully saturated rings. The molecule has 0 aromatic heterocycles. The van der Waals surface area contributed by atoms with Gasteiger partial charge in [0.2, 0.25) is 11.8 Å². The van der Waals surface area contributed by atoms with Crippen LogP contribution in [-0.2, 0) is 19.8 Å². The van der Waals surface area contributed by atoms with E-state index in [2.05, 4.69) is 10.6 Å². The molecule has 28 heavy (non-hydrogen) atoms. The number of rotatable bonds is 3. The standard InChI is InChI=1S/C21H18Cl2N2O3/c1-2-17(26)19-21(14-7-6-13(23)9-16(14)24-20(21)28)15(10-18(27)25-19)11-4-3-5-12(22)8-11/h3-9,15,19H,2,10H2,1H3,(H,24,28)(H,25,27)/t15-,19-,21-/m0/s1. The van der Waals surface area contributed by atoms with Gasteiger partial charge in [0, 0.05) is 34.5 Å². The van der Waals surface area contributed by atoms with Crippen LogP contribution in [0.4, 0.5) is 5.69 Å². The minimum Gasteiger partial charge on any atom is -0.345 e. The largest absolute Gasteiger partial charge is 0.345 e. The molecular weight excluding hydrogens is 399 g/mol. The van der Waals surface area contributed by atoms with E-state index in [1.54, 1.807) is 43.3 Å². The van der Waals surface area contributed by atoms with E-state index in [0.717, 1.165) is 5.56 Å². The van der Waals surface area contributed by atoms with E-state index < -0.39 is 17.4 Å². The highest BCUT2D eigenvalue weighted by molar-refractivity contribution is 6.31. The van der Waals surface area contributed by atoms with E-state index in [1.165, 1.54) is 0 Å². The maximum atomic E-state index is 13.4. The van der Waals surface area contributed by atoms with Gasteiger partial charge in [0.25, 0.3) is 0 Å². The predicted octanol–water partition coefficient (Wildman–Crippen LogP) is 3.83. The quantitative estimate of drug-likeness (QED) is 0.797. The molecule has 7 heteroatoms.